The third kappa shape index (κ3) is 1.29. The second-order valence-corrected chi connectivity index (χ2v) is 3.75. The molecular weight excluding hydrogens is 263 g/mol. The zero-order valence-corrected chi connectivity index (χ0v) is 8.74. The van der Waals surface area contributed by atoms with E-state index >= 15 is 0 Å². The standard InChI is InChI=1S/C9H7IN2/c1-6-2-3-7-5-11-12-9(10)8(7)4-6/h2-5H,1H3. The summed E-state index contributed by atoms with van der Waals surface area (Å²) in [6.07, 6.45) is 1.79. The summed E-state index contributed by atoms with van der Waals surface area (Å²) in [4.78, 5) is 0. The average Bonchev–Trinajstić information content (AvgIpc) is 2.07. The van der Waals surface area contributed by atoms with Gasteiger partial charge in [-0.15, -0.1) is 5.10 Å². The van der Waals surface area contributed by atoms with Crippen molar-refractivity contribution in [1.29, 1.82) is 0 Å². The Kier molecular flexibility index (Phi) is 1.96. The van der Waals surface area contributed by atoms with Gasteiger partial charge in [-0.3, -0.25) is 0 Å². The summed E-state index contributed by atoms with van der Waals surface area (Å²) < 4.78 is 0.966. The van der Waals surface area contributed by atoms with Gasteiger partial charge in [0, 0.05) is 10.8 Å². The Bertz CT molecular complexity index is 426. The normalized spacial score (nSPS) is 10.5. The van der Waals surface area contributed by atoms with E-state index in [0.29, 0.717) is 0 Å². The summed E-state index contributed by atoms with van der Waals surface area (Å²) in [6, 6.07) is 6.29. The molecule has 0 aliphatic carbocycles. The molecule has 1 heterocycles. The molecule has 3 heteroatoms. The van der Waals surface area contributed by atoms with Gasteiger partial charge in [0.2, 0.25) is 0 Å². The fourth-order valence-electron chi connectivity index (χ4n) is 1.16. The highest BCUT2D eigenvalue weighted by Crippen LogP contribution is 2.18. The maximum Gasteiger partial charge on any atom is 0.131 e. The third-order valence-electron chi connectivity index (χ3n) is 1.77. The van der Waals surface area contributed by atoms with Gasteiger partial charge in [-0.1, -0.05) is 17.7 Å². The first-order valence-electron chi connectivity index (χ1n) is 3.65. The van der Waals surface area contributed by atoms with Crippen LogP contribution in [-0.2, 0) is 0 Å². The van der Waals surface area contributed by atoms with Crippen molar-refractivity contribution in [2.75, 3.05) is 0 Å². The fourth-order valence-corrected chi connectivity index (χ4v) is 1.75. The van der Waals surface area contributed by atoms with E-state index in [1.807, 2.05) is 0 Å². The first-order chi connectivity index (χ1) is 5.77. The van der Waals surface area contributed by atoms with E-state index in [0.717, 1.165) is 9.09 Å². The minimum absolute atomic E-state index is 0.966. The molecule has 0 saturated carbocycles. The van der Waals surface area contributed by atoms with Gasteiger partial charge in [0.05, 0.1) is 6.20 Å². The largest absolute Gasteiger partial charge is 0.157 e. The molecule has 0 N–H and O–H groups in total. The molecule has 2 aromatic rings. The zero-order valence-electron chi connectivity index (χ0n) is 6.58. The molecule has 0 radical (unpaired) electrons. The molecule has 0 aliphatic rings. The van der Waals surface area contributed by atoms with E-state index in [1.165, 1.54) is 10.9 Å². The quantitative estimate of drug-likeness (QED) is 0.687. The molecule has 12 heavy (non-hydrogen) atoms. The van der Waals surface area contributed by atoms with Crippen LogP contribution in [0.1, 0.15) is 5.56 Å². The zero-order chi connectivity index (χ0) is 8.55. The van der Waals surface area contributed by atoms with E-state index in [9.17, 15) is 0 Å². The number of aryl methyl sites for hydroxylation is 1. The molecule has 0 fully saturated rings. The van der Waals surface area contributed by atoms with Crippen molar-refractivity contribution in [2.45, 2.75) is 6.92 Å². The smallest absolute Gasteiger partial charge is 0.131 e. The second-order valence-electron chi connectivity index (χ2n) is 2.73. The Balaban J connectivity index is 2.88. The molecule has 1 aromatic heterocycles. The Morgan fingerprint density at radius 2 is 2.17 bits per heavy atom. The van der Waals surface area contributed by atoms with E-state index in [-0.39, 0.29) is 0 Å². The molecule has 0 amide bonds. The first-order valence-corrected chi connectivity index (χ1v) is 4.73. The first kappa shape index (κ1) is 7.91. The highest BCUT2D eigenvalue weighted by Gasteiger charge is 1.98. The number of benzene rings is 1. The highest BCUT2D eigenvalue weighted by molar-refractivity contribution is 14.1. The lowest BCUT2D eigenvalue weighted by atomic mass is 10.1. The maximum atomic E-state index is 3.99. The lowest BCUT2D eigenvalue weighted by Crippen LogP contribution is -1.87. The van der Waals surface area contributed by atoms with Crippen LogP contribution in [0.3, 0.4) is 0 Å². The van der Waals surface area contributed by atoms with Crippen LogP contribution in [0.25, 0.3) is 10.8 Å². The van der Waals surface area contributed by atoms with Crippen LogP contribution in [0, 0.1) is 10.6 Å². The Hall–Kier alpha value is -0.710. The van der Waals surface area contributed by atoms with E-state index < -0.39 is 0 Å². The molecule has 0 atom stereocenters. The van der Waals surface area contributed by atoms with Crippen molar-refractivity contribution in [3.05, 3.63) is 33.7 Å². The minimum atomic E-state index is 0.966. The lowest BCUT2D eigenvalue weighted by Gasteiger charge is -1.98. The van der Waals surface area contributed by atoms with Crippen LogP contribution < -0.4 is 0 Å². The second kappa shape index (κ2) is 2.97. The molecule has 0 bridgehead atoms. The van der Waals surface area contributed by atoms with Crippen molar-refractivity contribution in [3.8, 4) is 0 Å². The predicted octanol–water partition coefficient (Wildman–Crippen LogP) is 2.54. The Morgan fingerprint density at radius 3 is 3.00 bits per heavy atom. The van der Waals surface area contributed by atoms with Crippen molar-refractivity contribution < 1.29 is 0 Å². The molecule has 2 rings (SSSR count). The van der Waals surface area contributed by atoms with E-state index in [4.69, 9.17) is 0 Å². The number of fused-ring (bicyclic) bond motifs is 1. The molecule has 0 saturated heterocycles. The topological polar surface area (TPSA) is 25.8 Å². The summed E-state index contributed by atoms with van der Waals surface area (Å²) in [6.45, 7) is 2.08. The number of aromatic nitrogens is 2. The van der Waals surface area contributed by atoms with Crippen LogP contribution in [0.2, 0.25) is 0 Å². The Labute approximate surface area is 84.1 Å². The number of nitrogens with zero attached hydrogens (tertiary/aromatic N) is 2. The summed E-state index contributed by atoms with van der Waals surface area (Å²) in [5.74, 6) is 0. The molecule has 60 valence electrons. The van der Waals surface area contributed by atoms with Crippen molar-refractivity contribution in [1.82, 2.24) is 10.2 Å². The van der Waals surface area contributed by atoms with Crippen molar-refractivity contribution >= 4 is 33.4 Å². The van der Waals surface area contributed by atoms with Crippen LogP contribution in [-0.4, -0.2) is 10.2 Å². The number of hydrogen-bond acceptors (Lipinski definition) is 2. The highest BCUT2D eigenvalue weighted by atomic mass is 127. The summed E-state index contributed by atoms with van der Waals surface area (Å²) in [5, 5.41) is 10.2. The molecule has 2 nitrogen and oxygen atoms in total. The van der Waals surface area contributed by atoms with E-state index in [2.05, 4.69) is 57.9 Å². The van der Waals surface area contributed by atoms with E-state index in [1.54, 1.807) is 6.20 Å². The summed E-state index contributed by atoms with van der Waals surface area (Å²) >= 11 is 2.20. The monoisotopic (exact) mass is 270 g/mol. The van der Waals surface area contributed by atoms with Crippen LogP contribution in [0.5, 0.6) is 0 Å². The number of hydrogen-bond donors (Lipinski definition) is 0. The van der Waals surface area contributed by atoms with Gasteiger partial charge in [-0.05, 0) is 35.6 Å². The lowest BCUT2D eigenvalue weighted by molar-refractivity contribution is 1.02. The summed E-state index contributed by atoms with van der Waals surface area (Å²) in [5.41, 5.74) is 1.26. The maximum absolute atomic E-state index is 3.99. The molecule has 1 aromatic carbocycles. The molecule has 0 spiro atoms. The molecule has 0 aliphatic heterocycles. The van der Waals surface area contributed by atoms with Gasteiger partial charge < -0.3 is 0 Å². The fraction of sp³-hybridized carbons (Fsp3) is 0.111. The SMILES string of the molecule is Cc1ccc2cnnc(I)c2c1. The van der Waals surface area contributed by atoms with Gasteiger partial charge in [-0.25, -0.2) is 0 Å². The van der Waals surface area contributed by atoms with Crippen LogP contribution in [0.15, 0.2) is 24.4 Å². The summed E-state index contributed by atoms with van der Waals surface area (Å²) in [7, 11) is 0. The van der Waals surface area contributed by atoms with Gasteiger partial charge in [0.25, 0.3) is 0 Å². The van der Waals surface area contributed by atoms with Gasteiger partial charge >= 0.3 is 0 Å². The molecular formula is C9H7IN2. The number of rotatable bonds is 0. The molecule has 0 unspecified atom stereocenters. The van der Waals surface area contributed by atoms with Crippen LogP contribution in [0.4, 0.5) is 0 Å². The minimum Gasteiger partial charge on any atom is -0.157 e. The van der Waals surface area contributed by atoms with Crippen molar-refractivity contribution in [2.24, 2.45) is 0 Å². The van der Waals surface area contributed by atoms with Gasteiger partial charge in [-0.2, -0.15) is 5.10 Å². The average molecular weight is 270 g/mol. The van der Waals surface area contributed by atoms with Gasteiger partial charge in [0.1, 0.15) is 3.70 Å². The van der Waals surface area contributed by atoms with Gasteiger partial charge in [0.15, 0.2) is 0 Å². The predicted molar refractivity (Wildman–Crippen MR) is 57.0 cm³/mol. The number of halogens is 1. The Morgan fingerprint density at radius 1 is 1.33 bits per heavy atom. The van der Waals surface area contributed by atoms with Crippen molar-refractivity contribution in [3.63, 3.8) is 0 Å². The van der Waals surface area contributed by atoms with Crippen LogP contribution >= 0.6 is 22.6 Å². The third-order valence-corrected chi connectivity index (χ3v) is 2.57.